The van der Waals surface area contributed by atoms with Crippen LogP contribution in [-0.2, 0) is 0 Å². The molecule has 0 radical (unpaired) electrons. The highest BCUT2D eigenvalue weighted by Crippen LogP contribution is 2.27. The minimum Gasteiger partial charge on any atom is -0.495 e. The number of nitrogens with zero attached hydrogens (tertiary/aromatic N) is 1. The first-order chi connectivity index (χ1) is 7.10. The minimum absolute atomic E-state index is 0.387. The molecule has 0 bridgehead atoms. The van der Waals surface area contributed by atoms with Crippen LogP contribution >= 0.6 is 0 Å². The first-order valence-corrected chi connectivity index (χ1v) is 4.95. The summed E-state index contributed by atoms with van der Waals surface area (Å²) in [6.07, 6.45) is 3.43. The third-order valence-corrected chi connectivity index (χ3v) is 2.37. The largest absolute Gasteiger partial charge is 0.495 e. The highest BCUT2D eigenvalue weighted by molar-refractivity contribution is 5.72. The molecular formula is C13H17NO. The second-order valence-electron chi connectivity index (χ2n) is 3.69. The SMILES string of the molecule is C=Cc1ncc(OC)cc1C(=C)C(C)C. The molecule has 1 heterocycles. The molecule has 0 aliphatic carbocycles. The van der Waals surface area contributed by atoms with E-state index in [0.717, 1.165) is 22.6 Å². The molecule has 1 aromatic heterocycles. The Labute approximate surface area is 91.3 Å². The molecule has 2 nitrogen and oxygen atoms in total. The number of aromatic nitrogens is 1. The van der Waals surface area contributed by atoms with Crippen molar-refractivity contribution in [3.8, 4) is 5.75 Å². The summed E-state index contributed by atoms with van der Waals surface area (Å²) in [6.45, 7) is 12.0. The van der Waals surface area contributed by atoms with Crippen molar-refractivity contribution in [1.82, 2.24) is 4.98 Å². The smallest absolute Gasteiger partial charge is 0.137 e. The Hall–Kier alpha value is -1.57. The van der Waals surface area contributed by atoms with E-state index in [1.165, 1.54) is 0 Å². The predicted octanol–water partition coefficient (Wildman–Crippen LogP) is 3.40. The number of pyridine rings is 1. The van der Waals surface area contributed by atoms with Crippen molar-refractivity contribution >= 4 is 11.6 Å². The zero-order valence-electron chi connectivity index (χ0n) is 9.58. The molecule has 0 atom stereocenters. The van der Waals surface area contributed by atoms with Crippen molar-refractivity contribution < 1.29 is 4.74 Å². The van der Waals surface area contributed by atoms with Gasteiger partial charge in [-0.3, -0.25) is 4.98 Å². The number of rotatable bonds is 4. The first-order valence-electron chi connectivity index (χ1n) is 4.95. The zero-order chi connectivity index (χ0) is 11.4. The van der Waals surface area contributed by atoms with Crippen molar-refractivity contribution in [3.05, 3.63) is 36.7 Å². The predicted molar refractivity (Wildman–Crippen MR) is 64.8 cm³/mol. The van der Waals surface area contributed by atoms with Gasteiger partial charge in [0.1, 0.15) is 5.75 Å². The van der Waals surface area contributed by atoms with E-state index in [9.17, 15) is 0 Å². The Morgan fingerprint density at radius 3 is 2.67 bits per heavy atom. The topological polar surface area (TPSA) is 22.1 Å². The van der Waals surface area contributed by atoms with Crippen molar-refractivity contribution in [2.75, 3.05) is 7.11 Å². The first kappa shape index (κ1) is 11.5. The summed E-state index contributed by atoms with van der Waals surface area (Å²) in [6, 6.07) is 1.95. The normalized spacial score (nSPS) is 10.1. The fraction of sp³-hybridized carbons (Fsp3) is 0.308. The molecule has 1 rings (SSSR count). The molecule has 0 unspecified atom stereocenters. The lowest BCUT2D eigenvalue weighted by atomic mass is 9.95. The molecule has 0 amide bonds. The molecular weight excluding hydrogens is 186 g/mol. The Bertz CT molecular complexity index is 380. The van der Waals surface area contributed by atoms with Gasteiger partial charge in [-0.05, 0) is 23.6 Å². The summed E-state index contributed by atoms with van der Waals surface area (Å²) < 4.78 is 5.15. The van der Waals surface area contributed by atoms with Gasteiger partial charge < -0.3 is 4.74 Å². The monoisotopic (exact) mass is 203 g/mol. The lowest BCUT2D eigenvalue weighted by Crippen LogP contribution is -1.98. The van der Waals surface area contributed by atoms with E-state index in [0.29, 0.717) is 5.92 Å². The van der Waals surface area contributed by atoms with Crippen molar-refractivity contribution in [2.24, 2.45) is 5.92 Å². The second kappa shape index (κ2) is 4.78. The van der Waals surface area contributed by atoms with Crippen LogP contribution in [-0.4, -0.2) is 12.1 Å². The number of hydrogen-bond donors (Lipinski definition) is 0. The molecule has 15 heavy (non-hydrogen) atoms. The van der Waals surface area contributed by atoms with Crippen LogP contribution in [0.3, 0.4) is 0 Å². The maximum Gasteiger partial charge on any atom is 0.137 e. The molecule has 0 aromatic carbocycles. The summed E-state index contributed by atoms with van der Waals surface area (Å²) >= 11 is 0. The molecule has 80 valence electrons. The standard InChI is InChI=1S/C13H17NO/c1-6-13-12(10(4)9(2)3)7-11(15-5)8-14-13/h6-9H,1,4H2,2-3,5H3. The molecule has 0 saturated carbocycles. The fourth-order valence-corrected chi connectivity index (χ4v) is 1.30. The van der Waals surface area contributed by atoms with E-state index in [1.54, 1.807) is 19.4 Å². The van der Waals surface area contributed by atoms with Gasteiger partial charge in [-0.25, -0.2) is 0 Å². The average molecular weight is 203 g/mol. The number of allylic oxidation sites excluding steroid dienone is 1. The van der Waals surface area contributed by atoms with Crippen LogP contribution in [0.5, 0.6) is 5.75 Å². The maximum atomic E-state index is 5.15. The van der Waals surface area contributed by atoms with Gasteiger partial charge in [-0.1, -0.05) is 27.0 Å². The summed E-state index contributed by atoms with van der Waals surface area (Å²) in [5.41, 5.74) is 2.92. The van der Waals surface area contributed by atoms with Crippen molar-refractivity contribution in [2.45, 2.75) is 13.8 Å². The maximum absolute atomic E-state index is 5.15. The van der Waals surface area contributed by atoms with E-state index in [4.69, 9.17) is 4.74 Å². The Kier molecular flexibility index (Phi) is 3.67. The number of hydrogen-bond acceptors (Lipinski definition) is 2. The molecule has 2 heteroatoms. The van der Waals surface area contributed by atoms with Gasteiger partial charge in [0.2, 0.25) is 0 Å². The molecule has 0 saturated heterocycles. The van der Waals surface area contributed by atoms with Crippen LogP contribution in [0.25, 0.3) is 11.6 Å². The summed E-state index contributed by atoms with van der Waals surface area (Å²) in [7, 11) is 1.63. The van der Waals surface area contributed by atoms with Crippen molar-refractivity contribution in [1.29, 1.82) is 0 Å². The third kappa shape index (κ3) is 2.46. The summed E-state index contributed by atoms with van der Waals surface area (Å²) in [5.74, 6) is 1.13. The molecule has 0 spiro atoms. The fourth-order valence-electron chi connectivity index (χ4n) is 1.30. The molecule has 0 aliphatic heterocycles. The lowest BCUT2D eigenvalue weighted by molar-refractivity contribution is 0.412. The highest BCUT2D eigenvalue weighted by atomic mass is 16.5. The van der Waals surface area contributed by atoms with Gasteiger partial charge in [-0.15, -0.1) is 0 Å². The van der Waals surface area contributed by atoms with Crippen LogP contribution in [0, 0.1) is 5.92 Å². The third-order valence-electron chi connectivity index (χ3n) is 2.37. The van der Waals surface area contributed by atoms with E-state index >= 15 is 0 Å². The van der Waals surface area contributed by atoms with Crippen LogP contribution in [0.1, 0.15) is 25.1 Å². The number of ether oxygens (including phenoxy) is 1. The quantitative estimate of drug-likeness (QED) is 0.748. The Balaban J connectivity index is 3.23. The van der Waals surface area contributed by atoms with Crippen LogP contribution < -0.4 is 4.74 Å². The van der Waals surface area contributed by atoms with E-state index in [1.807, 2.05) is 6.07 Å². The Morgan fingerprint density at radius 1 is 1.53 bits per heavy atom. The van der Waals surface area contributed by atoms with Gasteiger partial charge in [0.25, 0.3) is 0 Å². The zero-order valence-corrected chi connectivity index (χ0v) is 9.58. The molecule has 1 aromatic rings. The summed E-state index contributed by atoms with van der Waals surface area (Å²) in [4.78, 5) is 4.27. The van der Waals surface area contributed by atoms with Crippen LogP contribution in [0.4, 0.5) is 0 Å². The average Bonchev–Trinajstić information content (AvgIpc) is 2.27. The summed E-state index contributed by atoms with van der Waals surface area (Å²) in [5, 5.41) is 0. The second-order valence-corrected chi connectivity index (χ2v) is 3.69. The van der Waals surface area contributed by atoms with Gasteiger partial charge in [0.05, 0.1) is 19.0 Å². The van der Waals surface area contributed by atoms with E-state index < -0.39 is 0 Å². The minimum atomic E-state index is 0.387. The molecule has 0 aliphatic rings. The van der Waals surface area contributed by atoms with E-state index in [-0.39, 0.29) is 0 Å². The van der Waals surface area contributed by atoms with Crippen LogP contribution in [0.2, 0.25) is 0 Å². The molecule has 0 N–H and O–H groups in total. The van der Waals surface area contributed by atoms with Gasteiger partial charge >= 0.3 is 0 Å². The lowest BCUT2D eigenvalue weighted by Gasteiger charge is -2.13. The molecule has 0 fully saturated rings. The van der Waals surface area contributed by atoms with E-state index in [2.05, 4.69) is 32.0 Å². The number of methoxy groups -OCH3 is 1. The van der Waals surface area contributed by atoms with Gasteiger partial charge in [0, 0.05) is 5.56 Å². The highest BCUT2D eigenvalue weighted by Gasteiger charge is 2.09. The van der Waals surface area contributed by atoms with Gasteiger partial charge in [0.15, 0.2) is 0 Å². The van der Waals surface area contributed by atoms with Crippen LogP contribution in [0.15, 0.2) is 25.4 Å². The van der Waals surface area contributed by atoms with Crippen molar-refractivity contribution in [3.63, 3.8) is 0 Å². The Morgan fingerprint density at radius 2 is 2.20 bits per heavy atom. The van der Waals surface area contributed by atoms with Gasteiger partial charge in [-0.2, -0.15) is 0 Å².